The number of nitrogens with zero attached hydrogens (tertiary/aromatic N) is 4. The lowest BCUT2D eigenvalue weighted by atomic mass is 10.2. The number of non-ortho nitro benzene ring substituents is 1. The number of aromatic amines is 2. The molecule has 0 aliphatic carbocycles. The van der Waals surface area contributed by atoms with Crippen molar-refractivity contribution in [1.82, 2.24) is 29.6 Å². The Labute approximate surface area is 277 Å². The van der Waals surface area contributed by atoms with E-state index in [0.29, 0.717) is 16.8 Å². The van der Waals surface area contributed by atoms with E-state index in [1.807, 2.05) is 0 Å². The number of aromatic nitrogens is 5. The summed E-state index contributed by atoms with van der Waals surface area (Å²) in [5.74, 6) is -2.21. The predicted molar refractivity (Wildman–Crippen MR) is 177 cm³/mol. The molecule has 0 unspecified atom stereocenters. The zero-order valence-electron chi connectivity index (χ0n) is 25.7. The highest BCUT2D eigenvalue weighted by Gasteiger charge is 2.24. The summed E-state index contributed by atoms with van der Waals surface area (Å²) >= 11 is 0. The van der Waals surface area contributed by atoms with Crippen molar-refractivity contribution in [3.8, 4) is 0 Å². The van der Waals surface area contributed by atoms with Gasteiger partial charge in [0.15, 0.2) is 0 Å². The van der Waals surface area contributed by atoms with Gasteiger partial charge in [-0.05, 0) is 26.0 Å². The number of rotatable bonds is 10. The topological polar surface area (TPSA) is 257 Å². The number of carbonyl (C=O) groups is 5. The Morgan fingerprint density at radius 1 is 0.917 bits per heavy atom. The highest BCUT2D eigenvalue weighted by atomic mass is 35.5. The zero-order chi connectivity index (χ0) is 34.0. The van der Waals surface area contributed by atoms with Crippen molar-refractivity contribution in [1.29, 1.82) is 0 Å². The van der Waals surface area contributed by atoms with Crippen molar-refractivity contribution < 1.29 is 28.9 Å². The number of nitro benzene ring substituents is 1. The van der Waals surface area contributed by atoms with Gasteiger partial charge in [0.05, 0.1) is 39.1 Å². The summed E-state index contributed by atoms with van der Waals surface area (Å²) in [7, 11) is 1.62. The fourth-order valence-electron chi connectivity index (χ4n) is 4.94. The molecule has 5 aromatic rings. The molecule has 4 aromatic heterocycles. The first-order valence-corrected chi connectivity index (χ1v) is 14.0. The lowest BCUT2D eigenvalue weighted by molar-refractivity contribution is -0.383. The van der Waals surface area contributed by atoms with Crippen molar-refractivity contribution in [2.45, 2.75) is 20.3 Å². The monoisotopic (exact) mass is 679 g/mol. The highest BCUT2D eigenvalue weighted by molar-refractivity contribution is 6.11. The van der Waals surface area contributed by atoms with Crippen molar-refractivity contribution in [3.63, 3.8) is 0 Å². The van der Waals surface area contributed by atoms with E-state index in [2.05, 4.69) is 36.3 Å². The normalized spacial score (nSPS) is 10.6. The average Bonchev–Trinajstić information content (AvgIpc) is 3.79. The van der Waals surface area contributed by atoms with Crippen molar-refractivity contribution in [3.05, 3.63) is 87.4 Å². The fraction of sp³-hybridized carbons (Fsp3) is 0.172. The summed E-state index contributed by atoms with van der Waals surface area (Å²) in [4.78, 5) is 79.2. The number of nitrogens with two attached hydrogens (primary N) is 1. The molecule has 48 heavy (non-hydrogen) atoms. The quantitative estimate of drug-likeness (QED) is 0.0850. The molecule has 0 spiro atoms. The number of hydrogen-bond donors (Lipinski definition) is 7. The number of benzene rings is 1. The van der Waals surface area contributed by atoms with E-state index >= 15 is 0 Å². The molecular weight excluding hydrogens is 650 g/mol. The molecule has 4 heterocycles. The number of anilines is 3. The van der Waals surface area contributed by atoms with Crippen LogP contribution in [-0.4, -0.2) is 65.4 Å². The van der Waals surface area contributed by atoms with Gasteiger partial charge in [0.2, 0.25) is 5.91 Å². The second kappa shape index (κ2) is 13.9. The smallest absolute Gasteiger partial charge is 0.346 e. The van der Waals surface area contributed by atoms with Crippen LogP contribution in [0.25, 0.3) is 10.9 Å². The molecule has 0 aliphatic heterocycles. The van der Waals surface area contributed by atoms with Crippen LogP contribution >= 0.6 is 12.4 Å². The van der Waals surface area contributed by atoms with E-state index in [1.165, 1.54) is 41.4 Å². The van der Waals surface area contributed by atoms with Gasteiger partial charge < -0.3 is 41.5 Å². The van der Waals surface area contributed by atoms with E-state index in [-0.39, 0.29) is 70.4 Å². The van der Waals surface area contributed by atoms with Gasteiger partial charge in [0.25, 0.3) is 23.4 Å². The minimum Gasteiger partial charge on any atom is -0.370 e. The van der Waals surface area contributed by atoms with E-state index in [1.54, 1.807) is 33.2 Å². The Kier molecular flexibility index (Phi) is 9.98. The summed E-state index contributed by atoms with van der Waals surface area (Å²) in [5, 5.41) is 26.3. The summed E-state index contributed by atoms with van der Waals surface area (Å²) in [6, 6.07) is 5.13. The third-order valence-corrected chi connectivity index (χ3v) is 7.32. The molecule has 250 valence electrons. The molecule has 0 aliphatic rings. The van der Waals surface area contributed by atoms with Crippen LogP contribution in [0.3, 0.4) is 0 Å². The SMILES string of the molecule is Cc1c(NC(=O)n2cc3c([N+](=O)[O-])cccc3n2)c[nH]c1C(=O)Nc1cn(C)c(C(=O)Nc2cc[nH]c2C(=O)NCCC(N)=O)c1C.Cl. The maximum Gasteiger partial charge on any atom is 0.346 e. The largest absolute Gasteiger partial charge is 0.370 e. The van der Waals surface area contributed by atoms with Gasteiger partial charge >= 0.3 is 6.03 Å². The molecule has 5 amide bonds. The highest BCUT2D eigenvalue weighted by Crippen LogP contribution is 2.27. The molecular formula is C29H30ClN11O7. The van der Waals surface area contributed by atoms with Crippen molar-refractivity contribution in [2.24, 2.45) is 12.8 Å². The Morgan fingerprint density at radius 2 is 1.65 bits per heavy atom. The van der Waals surface area contributed by atoms with Crippen LogP contribution < -0.4 is 27.0 Å². The zero-order valence-corrected chi connectivity index (χ0v) is 26.5. The lowest BCUT2D eigenvalue weighted by Gasteiger charge is -2.09. The van der Waals surface area contributed by atoms with Gasteiger partial charge in [-0.25, -0.2) is 4.79 Å². The third kappa shape index (κ3) is 6.87. The van der Waals surface area contributed by atoms with Crippen LogP contribution in [0.5, 0.6) is 0 Å². The number of halogens is 1. The minimum atomic E-state index is -0.701. The summed E-state index contributed by atoms with van der Waals surface area (Å²) in [6.07, 6.45) is 5.66. The Morgan fingerprint density at radius 3 is 2.35 bits per heavy atom. The first-order chi connectivity index (χ1) is 22.3. The molecule has 1 aromatic carbocycles. The molecule has 0 saturated heterocycles. The number of H-pyrrole nitrogens is 2. The summed E-state index contributed by atoms with van der Waals surface area (Å²) in [6.45, 7) is 3.29. The molecule has 5 rings (SSSR count). The number of primary amides is 1. The number of nitro groups is 1. The number of carbonyl (C=O) groups excluding carboxylic acids is 5. The summed E-state index contributed by atoms with van der Waals surface area (Å²) < 4.78 is 2.46. The first-order valence-electron chi connectivity index (χ1n) is 14.0. The van der Waals surface area contributed by atoms with E-state index in [0.717, 1.165) is 4.68 Å². The standard InChI is InChI=1S/C29H29N11O7.ClH/c1-14-19(36-29(45)39-12-16-17(37-39)5-4-6-21(16)40(46)47)11-33-23(14)27(43)35-20-13-38(3)25(15(20)2)28(44)34-18-7-9-31-24(18)26(42)32-10-8-22(30)41;/h4-7,9,11-13,31,33H,8,10H2,1-3H3,(H2,30,41)(H,32,42)(H,34,44)(H,35,43)(H,36,45);1H. The fourth-order valence-corrected chi connectivity index (χ4v) is 4.94. The number of amides is 5. The number of nitrogens with one attached hydrogen (secondary N) is 6. The minimum absolute atomic E-state index is 0. The average molecular weight is 680 g/mol. The second-order valence-corrected chi connectivity index (χ2v) is 10.4. The molecule has 19 heteroatoms. The Balaban J connectivity index is 0.00000520. The van der Waals surface area contributed by atoms with Gasteiger partial charge in [-0.2, -0.15) is 9.78 Å². The number of hydrogen-bond acceptors (Lipinski definition) is 8. The molecule has 0 atom stereocenters. The van der Waals surface area contributed by atoms with Crippen LogP contribution in [0.1, 0.15) is 49.0 Å². The molecule has 18 nitrogen and oxygen atoms in total. The predicted octanol–water partition coefficient (Wildman–Crippen LogP) is 3.17. The van der Waals surface area contributed by atoms with Gasteiger partial charge in [-0.3, -0.25) is 29.3 Å². The van der Waals surface area contributed by atoms with Crippen LogP contribution in [0.15, 0.2) is 49.1 Å². The Hall–Kier alpha value is -6.43. The third-order valence-electron chi connectivity index (χ3n) is 7.32. The van der Waals surface area contributed by atoms with Crippen LogP contribution in [0, 0.1) is 24.0 Å². The lowest BCUT2D eigenvalue weighted by Crippen LogP contribution is -2.29. The molecule has 0 saturated carbocycles. The van der Waals surface area contributed by atoms with Crippen LogP contribution in [-0.2, 0) is 11.8 Å². The molecule has 0 bridgehead atoms. The van der Waals surface area contributed by atoms with Gasteiger partial charge in [0.1, 0.15) is 17.1 Å². The Bertz CT molecular complexity index is 2090. The molecule has 8 N–H and O–H groups in total. The van der Waals surface area contributed by atoms with E-state index in [4.69, 9.17) is 5.73 Å². The van der Waals surface area contributed by atoms with Crippen molar-refractivity contribution in [2.75, 3.05) is 22.5 Å². The van der Waals surface area contributed by atoms with Crippen LogP contribution in [0.4, 0.5) is 27.5 Å². The van der Waals surface area contributed by atoms with Gasteiger partial charge in [-0.1, -0.05) is 6.07 Å². The van der Waals surface area contributed by atoms with E-state index < -0.39 is 34.6 Å². The maximum absolute atomic E-state index is 13.2. The number of fused-ring (bicyclic) bond motifs is 1. The number of aryl methyl sites for hydroxylation is 1. The molecule has 0 fully saturated rings. The van der Waals surface area contributed by atoms with Crippen molar-refractivity contribution >= 4 is 75.7 Å². The maximum atomic E-state index is 13.2. The first kappa shape index (κ1) is 34.4. The second-order valence-electron chi connectivity index (χ2n) is 10.4. The van der Waals surface area contributed by atoms with E-state index in [9.17, 15) is 34.1 Å². The van der Waals surface area contributed by atoms with Gasteiger partial charge in [0, 0.05) is 55.8 Å². The molecule has 0 radical (unpaired) electrons. The summed E-state index contributed by atoms with van der Waals surface area (Å²) in [5.41, 5.74) is 7.27. The van der Waals surface area contributed by atoms with Gasteiger partial charge in [-0.15, -0.1) is 12.4 Å². The van der Waals surface area contributed by atoms with Crippen LogP contribution in [0.2, 0.25) is 0 Å².